The van der Waals surface area contributed by atoms with Crippen molar-refractivity contribution in [2.45, 2.75) is 38.4 Å². The summed E-state index contributed by atoms with van der Waals surface area (Å²) in [7, 11) is 0. The van der Waals surface area contributed by atoms with Crippen LogP contribution in [-0.4, -0.2) is 56.2 Å². The summed E-state index contributed by atoms with van der Waals surface area (Å²) < 4.78 is 50.0. The molecule has 7 rings (SSSR count). The standard InChI is InChI=1S/C29H24F3N5O4/c1-15-11-19-14-36(15)9-10-37-28(39)21-4-2-3-20(24(21)35-37)25-27(38)33-22-12-17(13-23(40-19)26(22)34-25)16-5-7-18(8-6-16)41-29(30,31)32/h2-8,12-13,15,19,35H,9-11,14H2,1H3,(H,33,38)/t15-,19+/m1/s1. The Morgan fingerprint density at radius 3 is 2.63 bits per heavy atom. The van der Waals surface area contributed by atoms with Crippen molar-refractivity contribution in [2.75, 3.05) is 13.1 Å². The van der Waals surface area contributed by atoms with E-state index in [4.69, 9.17) is 9.72 Å². The first-order chi connectivity index (χ1) is 19.6. The van der Waals surface area contributed by atoms with Gasteiger partial charge in [0.2, 0.25) is 0 Å². The van der Waals surface area contributed by atoms with E-state index < -0.39 is 11.9 Å². The molecule has 2 aliphatic heterocycles. The molecule has 5 aromatic rings. The second-order valence-corrected chi connectivity index (χ2v) is 10.5. The molecule has 2 aromatic heterocycles. The molecule has 0 radical (unpaired) electrons. The highest BCUT2D eigenvalue weighted by Gasteiger charge is 2.32. The average molecular weight is 564 g/mol. The summed E-state index contributed by atoms with van der Waals surface area (Å²) in [5, 5.41) is 3.66. The molecule has 1 saturated heterocycles. The second-order valence-electron chi connectivity index (χ2n) is 10.5. The van der Waals surface area contributed by atoms with E-state index in [0.717, 1.165) is 6.42 Å². The summed E-state index contributed by atoms with van der Waals surface area (Å²) in [5.74, 6) is 0.112. The number of benzene rings is 3. The van der Waals surface area contributed by atoms with E-state index in [0.29, 0.717) is 64.0 Å². The second kappa shape index (κ2) is 9.23. The Labute approximate surface area is 230 Å². The highest BCUT2D eigenvalue weighted by molar-refractivity contribution is 5.94. The first-order valence-electron chi connectivity index (χ1n) is 13.2. The summed E-state index contributed by atoms with van der Waals surface area (Å²) in [6.07, 6.45) is -4.22. The maximum Gasteiger partial charge on any atom is 0.573 e. The lowest BCUT2D eigenvalue weighted by atomic mass is 10.0. The Morgan fingerprint density at radius 2 is 1.85 bits per heavy atom. The van der Waals surface area contributed by atoms with Gasteiger partial charge in [-0.15, -0.1) is 13.2 Å². The van der Waals surface area contributed by atoms with E-state index in [1.54, 1.807) is 35.0 Å². The van der Waals surface area contributed by atoms with Gasteiger partial charge in [-0.05, 0) is 48.4 Å². The van der Waals surface area contributed by atoms with E-state index in [9.17, 15) is 22.8 Å². The van der Waals surface area contributed by atoms with Gasteiger partial charge in [-0.25, -0.2) is 4.98 Å². The van der Waals surface area contributed by atoms with Gasteiger partial charge in [0.1, 0.15) is 28.8 Å². The number of para-hydroxylation sites is 1. The maximum absolute atomic E-state index is 13.4. The Morgan fingerprint density at radius 1 is 1.05 bits per heavy atom. The van der Waals surface area contributed by atoms with Crippen molar-refractivity contribution in [1.82, 2.24) is 24.6 Å². The monoisotopic (exact) mass is 563 g/mol. The van der Waals surface area contributed by atoms with Crippen LogP contribution in [0.4, 0.5) is 13.2 Å². The number of rotatable bonds is 2. The van der Waals surface area contributed by atoms with Crippen LogP contribution in [0.1, 0.15) is 13.3 Å². The van der Waals surface area contributed by atoms with E-state index >= 15 is 0 Å². The van der Waals surface area contributed by atoms with Crippen LogP contribution < -0.4 is 20.6 Å². The molecular formula is C29H24F3N5O4. The van der Waals surface area contributed by atoms with Crippen LogP contribution in [0.25, 0.3) is 44.3 Å². The summed E-state index contributed by atoms with van der Waals surface area (Å²) in [5.41, 5.74) is 2.62. The van der Waals surface area contributed by atoms with Gasteiger partial charge < -0.3 is 14.5 Å². The largest absolute Gasteiger partial charge is 0.573 e. The van der Waals surface area contributed by atoms with Crippen LogP contribution in [0.5, 0.6) is 11.5 Å². The van der Waals surface area contributed by atoms with Crippen molar-refractivity contribution in [2.24, 2.45) is 0 Å². The Balaban J connectivity index is 1.42. The first-order valence-corrected chi connectivity index (χ1v) is 13.2. The summed E-state index contributed by atoms with van der Waals surface area (Å²) in [4.78, 5) is 36.5. The summed E-state index contributed by atoms with van der Waals surface area (Å²) in [6, 6.07) is 14.4. The molecule has 0 saturated carbocycles. The molecular weight excluding hydrogens is 539 g/mol. The van der Waals surface area contributed by atoms with E-state index in [2.05, 4.69) is 26.6 Å². The van der Waals surface area contributed by atoms with Crippen molar-refractivity contribution in [1.29, 1.82) is 0 Å². The van der Waals surface area contributed by atoms with Crippen LogP contribution in [-0.2, 0) is 6.54 Å². The zero-order chi connectivity index (χ0) is 28.5. The summed E-state index contributed by atoms with van der Waals surface area (Å²) >= 11 is 0. The third-order valence-corrected chi connectivity index (χ3v) is 7.79. The Hall–Kier alpha value is -4.58. The lowest BCUT2D eigenvalue weighted by molar-refractivity contribution is -0.274. The lowest BCUT2D eigenvalue weighted by Gasteiger charge is -2.21. The van der Waals surface area contributed by atoms with Crippen molar-refractivity contribution in [3.63, 3.8) is 0 Å². The van der Waals surface area contributed by atoms with Gasteiger partial charge in [-0.1, -0.05) is 24.3 Å². The normalized spacial score (nSPS) is 20.4. The van der Waals surface area contributed by atoms with Crippen LogP contribution in [0.3, 0.4) is 0 Å². The highest BCUT2D eigenvalue weighted by atomic mass is 19.4. The van der Waals surface area contributed by atoms with Crippen LogP contribution in [0.2, 0.25) is 0 Å². The van der Waals surface area contributed by atoms with Crippen molar-refractivity contribution < 1.29 is 22.6 Å². The Bertz CT molecular complexity index is 1930. The molecule has 9 nitrogen and oxygen atoms in total. The van der Waals surface area contributed by atoms with Crippen LogP contribution >= 0.6 is 0 Å². The molecule has 1 unspecified atom stereocenters. The molecule has 2 aliphatic rings. The average Bonchev–Trinajstić information content (AvgIpc) is 3.44. The number of hydrogen-bond donors (Lipinski definition) is 2. The fourth-order valence-electron chi connectivity index (χ4n) is 5.84. The van der Waals surface area contributed by atoms with Crippen LogP contribution in [0, 0.1) is 0 Å². The van der Waals surface area contributed by atoms with Gasteiger partial charge in [-0.2, -0.15) is 0 Å². The minimum atomic E-state index is -4.79. The molecule has 12 heteroatoms. The van der Waals surface area contributed by atoms with Crippen molar-refractivity contribution >= 4 is 21.9 Å². The van der Waals surface area contributed by atoms with E-state index in [1.165, 1.54) is 24.3 Å². The Kier molecular flexibility index (Phi) is 5.72. The van der Waals surface area contributed by atoms with Crippen molar-refractivity contribution in [3.8, 4) is 33.9 Å². The van der Waals surface area contributed by atoms with Crippen molar-refractivity contribution in [3.05, 3.63) is 75.3 Å². The quantitative estimate of drug-likeness (QED) is 0.324. The summed E-state index contributed by atoms with van der Waals surface area (Å²) in [6.45, 7) is 3.82. The first kappa shape index (κ1) is 25.4. The number of halogens is 3. The molecule has 41 heavy (non-hydrogen) atoms. The molecule has 210 valence electrons. The van der Waals surface area contributed by atoms with Gasteiger partial charge in [-0.3, -0.25) is 24.3 Å². The minimum absolute atomic E-state index is 0.140. The number of aromatic amines is 2. The zero-order valence-corrected chi connectivity index (χ0v) is 21.8. The van der Waals surface area contributed by atoms with Gasteiger partial charge >= 0.3 is 6.36 Å². The lowest BCUT2D eigenvalue weighted by Crippen LogP contribution is -2.33. The van der Waals surface area contributed by atoms with E-state index in [1.807, 2.05) is 0 Å². The molecule has 3 atom stereocenters. The number of nitrogens with one attached hydrogen (secondary N) is 2. The zero-order valence-electron chi connectivity index (χ0n) is 21.8. The number of alkyl halides is 3. The maximum atomic E-state index is 13.4. The third-order valence-electron chi connectivity index (χ3n) is 7.79. The molecule has 6 bridgehead atoms. The molecule has 0 aliphatic carbocycles. The number of H-pyrrole nitrogens is 2. The highest BCUT2D eigenvalue weighted by Crippen LogP contribution is 2.35. The van der Waals surface area contributed by atoms with Gasteiger partial charge in [0, 0.05) is 31.1 Å². The molecule has 4 heterocycles. The number of nitrogens with zero attached hydrogens (tertiary/aromatic N) is 3. The molecule has 3 aromatic carbocycles. The number of hydrogen-bond acceptors (Lipinski definition) is 6. The minimum Gasteiger partial charge on any atom is -0.487 e. The number of aromatic nitrogens is 4. The predicted molar refractivity (Wildman–Crippen MR) is 146 cm³/mol. The molecule has 2 N–H and O–H groups in total. The number of ether oxygens (including phenoxy) is 2. The van der Waals surface area contributed by atoms with E-state index in [-0.39, 0.29) is 29.1 Å². The fraction of sp³-hybridized carbons (Fsp3) is 0.276. The molecule has 1 fully saturated rings. The predicted octanol–water partition coefficient (Wildman–Crippen LogP) is 4.65. The van der Waals surface area contributed by atoms with Gasteiger partial charge in [0.05, 0.1) is 23.0 Å². The van der Waals surface area contributed by atoms with Gasteiger partial charge in [0.15, 0.2) is 0 Å². The van der Waals surface area contributed by atoms with Gasteiger partial charge in [0.25, 0.3) is 11.1 Å². The number of fused-ring (bicyclic) bond motifs is 5. The fourth-order valence-corrected chi connectivity index (χ4v) is 5.84. The molecule has 0 spiro atoms. The van der Waals surface area contributed by atoms with Crippen LogP contribution in [0.15, 0.2) is 64.2 Å². The third kappa shape index (κ3) is 4.53. The SMILES string of the molecule is C[C@@H]1C[C@H]2CN1CCn1[nH]c3c(cccc3c1=O)-c1nc3c(cc(-c4ccc(OC(F)(F)F)cc4)cc3[nH]c1=O)O2. The topological polar surface area (TPSA) is 105 Å². The molecule has 0 amide bonds. The smallest absolute Gasteiger partial charge is 0.487 e.